The van der Waals surface area contributed by atoms with Crippen LogP contribution in [0.4, 0.5) is 24.8 Å². The van der Waals surface area contributed by atoms with E-state index in [1.165, 1.54) is 28.7 Å². The molecule has 0 bridgehead atoms. The van der Waals surface area contributed by atoms with E-state index in [1.807, 2.05) is 14.1 Å². The van der Waals surface area contributed by atoms with Crippen molar-refractivity contribution >= 4 is 17.6 Å². The van der Waals surface area contributed by atoms with Gasteiger partial charge in [0.1, 0.15) is 12.6 Å². The van der Waals surface area contributed by atoms with E-state index in [2.05, 4.69) is 36.9 Å². The Morgan fingerprint density at radius 2 is 1.93 bits per heavy atom. The summed E-state index contributed by atoms with van der Waals surface area (Å²) in [6.07, 6.45) is -4.21. The lowest BCUT2D eigenvalue weighted by Crippen LogP contribution is -3.00. The average molecular weight is 645 g/mol. The Hall–Kier alpha value is -5.01. The number of nitrogens with one attached hydrogen (secondary N) is 2. The molecule has 0 spiro atoms. The first kappa shape index (κ1) is 32.9. The SMILES string of the molecule is COC(=O)C1=C(C)N(c2cccc(C(F)(F)F)c2)c2n[nH]c(=O)n2C1c1ccc(C#N)cc1CC[N+](C)(C)Cc1nnn[nH]1.[Cl-]. The van der Waals surface area contributed by atoms with Gasteiger partial charge in [0.05, 0.1) is 50.5 Å². The van der Waals surface area contributed by atoms with Crippen molar-refractivity contribution in [3.63, 3.8) is 0 Å². The Bertz CT molecular complexity index is 1840. The number of methoxy groups -OCH3 is 1. The Balaban J connectivity index is 0.00000461. The van der Waals surface area contributed by atoms with Crippen LogP contribution in [0.2, 0.25) is 0 Å². The van der Waals surface area contributed by atoms with Crippen molar-refractivity contribution in [3.05, 3.63) is 92.3 Å². The minimum Gasteiger partial charge on any atom is -1.00 e. The molecule has 45 heavy (non-hydrogen) atoms. The molecule has 1 aliphatic rings. The van der Waals surface area contributed by atoms with Crippen molar-refractivity contribution in [3.8, 4) is 6.07 Å². The molecule has 2 N–H and O–H groups in total. The molecule has 17 heteroatoms. The molecule has 0 radical (unpaired) electrons. The van der Waals surface area contributed by atoms with Crippen molar-refractivity contribution in [1.29, 1.82) is 5.26 Å². The number of rotatable bonds is 8. The molecule has 1 aliphatic heterocycles. The molecule has 0 saturated carbocycles. The molecule has 5 rings (SSSR count). The van der Waals surface area contributed by atoms with E-state index < -0.39 is 29.4 Å². The van der Waals surface area contributed by atoms with Crippen molar-refractivity contribution in [2.45, 2.75) is 32.1 Å². The Morgan fingerprint density at radius 1 is 1.18 bits per heavy atom. The molecule has 1 unspecified atom stereocenters. The molecule has 4 aromatic rings. The van der Waals surface area contributed by atoms with E-state index in [-0.39, 0.29) is 35.3 Å². The molecule has 236 valence electrons. The van der Waals surface area contributed by atoms with Gasteiger partial charge >= 0.3 is 17.8 Å². The van der Waals surface area contributed by atoms with E-state index >= 15 is 0 Å². The third kappa shape index (κ3) is 6.44. The first-order valence-corrected chi connectivity index (χ1v) is 13.4. The summed E-state index contributed by atoms with van der Waals surface area (Å²) in [4.78, 5) is 28.1. The lowest BCUT2D eigenvalue weighted by atomic mass is 9.89. The highest BCUT2D eigenvalue weighted by Crippen LogP contribution is 2.43. The molecule has 1 atom stereocenters. The number of hydrogen-bond donors (Lipinski definition) is 2. The number of esters is 1. The molecule has 13 nitrogen and oxygen atoms in total. The van der Waals surface area contributed by atoms with E-state index in [9.17, 15) is 28.0 Å². The van der Waals surface area contributed by atoms with Gasteiger partial charge in [-0.3, -0.25) is 4.90 Å². The van der Waals surface area contributed by atoms with Crippen molar-refractivity contribution in [2.24, 2.45) is 0 Å². The van der Waals surface area contributed by atoms with Gasteiger partial charge in [-0.15, -0.1) is 10.2 Å². The zero-order chi connectivity index (χ0) is 31.8. The normalized spacial score (nSPS) is 14.9. The maximum Gasteiger partial charge on any atom is 0.416 e. The number of nitriles is 1. The number of aromatic amines is 2. The molecule has 3 heterocycles. The zero-order valence-electron chi connectivity index (χ0n) is 24.6. The smallest absolute Gasteiger partial charge is 0.416 e. The second-order valence-electron chi connectivity index (χ2n) is 10.9. The highest BCUT2D eigenvalue weighted by Gasteiger charge is 2.41. The van der Waals surface area contributed by atoms with Gasteiger partial charge in [0.25, 0.3) is 0 Å². The van der Waals surface area contributed by atoms with Crippen LogP contribution in [-0.2, 0) is 28.7 Å². The van der Waals surface area contributed by atoms with Crippen LogP contribution in [0.1, 0.15) is 41.0 Å². The number of anilines is 2. The molecule has 0 amide bonds. The number of quaternary nitrogens is 1. The van der Waals surface area contributed by atoms with Gasteiger partial charge in [-0.05, 0) is 58.8 Å². The number of allylic oxidation sites excluding steroid dienone is 1. The highest BCUT2D eigenvalue weighted by molar-refractivity contribution is 5.93. The van der Waals surface area contributed by atoms with E-state index in [4.69, 9.17) is 4.74 Å². The number of halogens is 4. The maximum atomic E-state index is 13.6. The number of fused-ring (bicyclic) bond motifs is 1. The molecular weight excluding hydrogens is 617 g/mol. The summed E-state index contributed by atoms with van der Waals surface area (Å²) in [6.45, 7) is 2.58. The third-order valence-electron chi connectivity index (χ3n) is 7.50. The molecule has 0 aliphatic carbocycles. The number of tetrazole rings is 1. The van der Waals surface area contributed by atoms with Crippen LogP contribution in [0.3, 0.4) is 0 Å². The predicted molar refractivity (Wildman–Crippen MR) is 149 cm³/mol. The lowest BCUT2D eigenvalue weighted by molar-refractivity contribution is -0.904. The van der Waals surface area contributed by atoms with E-state index in [0.29, 0.717) is 46.5 Å². The average Bonchev–Trinajstić information content (AvgIpc) is 3.63. The number of nitrogens with zero attached hydrogens (tertiary/aromatic N) is 8. The van der Waals surface area contributed by atoms with Crippen LogP contribution < -0.4 is 23.0 Å². The number of H-pyrrole nitrogens is 2. The zero-order valence-corrected chi connectivity index (χ0v) is 25.3. The highest BCUT2D eigenvalue weighted by atomic mass is 35.5. The maximum absolute atomic E-state index is 13.6. The molecular formula is C28H28ClF3N10O3. The molecule has 0 fully saturated rings. The minimum absolute atomic E-state index is 0. The van der Waals surface area contributed by atoms with Gasteiger partial charge < -0.3 is 21.6 Å². The Labute approximate surface area is 260 Å². The molecule has 0 saturated heterocycles. The number of carbonyl (C=O) groups excluding carboxylic acids is 1. The van der Waals surface area contributed by atoms with Gasteiger partial charge in [0.2, 0.25) is 11.8 Å². The summed E-state index contributed by atoms with van der Waals surface area (Å²) < 4.78 is 47.7. The monoisotopic (exact) mass is 644 g/mol. The van der Waals surface area contributed by atoms with Gasteiger partial charge in [-0.1, -0.05) is 12.1 Å². The van der Waals surface area contributed by atoms with Crippen LogP contribution in [0, 0.1) is 11.3 Å². The number of aromatic nitrogens is 7. The standard InChI is InChI=1S/C28H27F3N10O3.ClH/c1-16-23(25(42)44-4)24(40-26(35-36-27(40)43)39(16)20-7-5-6-19(13-20)28(29,30)31)21-9-8-17(14-32)12-18(21)10-11-41(2,3)15-22-33-37-38-34-22;/h5-9,12-13,24H,10-11,15H2,1-4H3,(H-,33,34,36,37,38,43);1H. The number of ether oxygens (including phenoxy) is 1. The summed E-state index contributed by atoms with van der Waals surface area (Å²) in [5.74, 6) is -0.217. The predicted octanol–water partition coefficient (Wildman–Crippen LogP) is -0.0138. The van der Waals surface area contributed by atoms with Gasteiger partial charge in [-0.2, -0.15) is 18.4 Å². The second-order valence-corrected chi connectivity index (χ2v) is 10.9. The van der Waals surface area contributed by atoms with E-state index in [1.54, 1.807) is 25.1 Å². The fourth-order valence-electron chi connectivity index (χ4n) is 5.39. The minimum atomic E-state index is -4.63. The Kier molecular flexibility index (Phi) is 9.17. The van der Waals surface area contributed by atoms with Gasteiger partial charge in [-0.25, -0.2) is 24.4 Å². The first-order valence-electron chi connectivity index (χ1n) is 13.4. The fraction of sp³-hybridized carbons (Fsp3) is 0.321. The summed E-state index contributed by atoms with van der Waals surface area (Å²) in [7, 11) is 5.14. The number of alkyl halides is 3. The van der Waals surface area contributed by atoms with Crippen molar-refractivity contribution < 1.29 is 39.6 Å². The van der Waals surface area contributed by atoms with Gasteiger partial charge in [0.15, 0.2) is 0 Å². The van der Waals surface area contributed by atoms with Crippen molar-refractivity contribution in [1.82, 2.24) is 35.4 Å². The number of hydrogen-bond acceptors (Lipinski definition) is 9. The number of benzene rings is 2. The van der Waals surface area contributed by atoms with Crippen LogP contribution in [0.15, 0.2) is 58.5 Å². The molecule has 2 aromatic heterocycles. The second kappa shape index (κ2) is 12.5. The first-order chi connectivity index (χ1) is 20.8. The largest absolute Gasteiger partial charge is 1.00 e. The van der Waals surface area contributed by atoms with Crippen LogP contribution >= 0.6 is 0 Å². The fourth-order valence-corrected chi connectivity index (χ4v) is 5.39. The third-order valence-corrected chi connectivity index (χ3v) is 7.50. The summed E-state index contributed by atoms with van der Waals surface area (Å²) in [5, 5.41) is 30.1. The van der Waals surface area contributed by atoms with Crippen LogP contribution in [0.25, 0.3) is 0 Å². The summed E-state index contributed by atoms with van der Waals surface area (Å²) >= 11 is 0. The number of likely N-dealkylation sites (N-methyl/N-ethyl adjacent to an activating group) is 1. The van der Waals surface area contributed by atoms with Crippen molar-refractivity contribution in [2.75, 3.05) is 32.6 Å². The summed E-state index contributed by atoms with van der Waals surface area (Å²) in [6, 6.07) is 10.5. The number of carbonyl (C=O) groups is 1. The summed E-state index contributed by atoms with van der Waals surface area (Å²) in [5.41, 5.74) is 0.249. The van der Waals surface area contributed by atoms with Crippen LogP contribution in [0.5, 0.6) is 0 Å². The van der Waals surface area contributed by atoms with Crippen LogP contribution in [-0.4, -0.2) is 73.6 Å². The lowest BCUT2D eigenvalue weighted by Gasteiger charge is -2.36. The van der Waals surface area contributed by atoms with E-state index in [0.717, 1.165) is 12.1 Å². The molecule has 2 aromatic carbocycles. The quantitative estimate of drug-likeness (QED) is 0.199. The topological polar surface area (TPSA) is 158 Å². The Morgan fingerprint density at radius 3 is 2.58 bits per heavy atom. The van der Waals surface area contributed by atoms with Gasteiger partial charge in [0, 0.05) is 17.8 Å².